The molecule has 1 aromatic rings. The predicted octanol–water partition coefficient (Wildman–Crippen LogP) is 4.94. The zero-order chi connectivity index (χ0) is 12.8. The molecule has 1 aromatic carbocycles. The highest BCUT2D eigenvalue weighted by Crippen LogP contribution is 2.35. The van der Waals surface area contributed by atoms with E-state index in [-0.39, 0.29) is 0 Å². The minimum absolute atomic E-state index is 0.369. The molecule has 0 spiro atoms. The molecule has 0 aromatic heterocycles. The van der Waals surface area contributed by atoms with E-state index in [1.165, 1.54) is 25.7 Å². The van der Waals surface area contributed by atoms with Crippen LogP contribution >= 0.6 is 0 Å². The van der Waals surface area contributed by atoms with Gasteiger partial charge in [-0.15, -0.1) is 6.58 Å². The van der Waals surface area contributed by atoms with Crippen LogP contribution in [-0.2, 0) is 0 Å². The van der Waals surface area contributed by atoms with Crippen LogP contribution in [-0.4, -0.2) is 5.11 Å². The smallest absolute Gasteiger partial charge is 0.119 e. The van der Waals surface area contributed by atoms with Crippen LogP contribution in [0.2, 0.25) is 0 Å². The second-order valence-corrected chi connectivity index (χ2v) is 5.09. The number of hydrogen-bond donors (Lipinski definition) is 1. The summed E-state index contributed by atoms with van der Waals surface area (Å²) in [5.41, 5.74) is 2.61. The standard InChI is InChI=1S/C17H22O/c1-2-8-15(13-14-9-4-3-5-10-14)16-11-6-7-12-17(16)18/h2,6-7,9,11-12,15,18H,1,3-5,8,10,13H2. The van der Waals surface area contributed by atoms with Crippen molar-refractivity contribution in [1.29, 1.82) is 0 Å². The minimum atomic E-state index is 0.369. The van der Waals surface area contributed by atoms with Gasteiger partial charge in [-0.1, -0.05) is 35.9 Å². The number of para-hydroxylation sites is 1. The van der Waals surface area contributed by atoms with Crippen molar-refractivity contribution in [2.45, 2.75) is 44.4 Å². The quantitative estimate of drug-likeness (QED) is 0.725. The highest BCUT2D eigenvalue weighted by atomic mass is 16.3. The van der Waals surface area contributed by atoms with Gasteiger partial charge in [-0.25, -0.2) is 0 Å². The maximum atomic E-state index is 9.98. The van der Waals surface area contributed by atoms with Gasteiger partial charge in [-0.05, 0) is 56.1 Å². The summed E-state index contributed by atoms with van der Waals surface area (Å²) in [6, 6.07) is 7.69. The molecule has 1 unspecified atom stereocenters. The normalized spacial score (nSPS) is 17.0. The number of rotatable bonds is 5. The molecule has 1 N–H and O–H groups in total. The Morgan fingerprint density at radius 3 is 2.78 bits per heavy atom. The predicted molar refractivity (Wildman–Crippen MR) is 76.8 cm³/mol. The lowest BCUT2D eigenvalue weighted by atomic mass is 9.85. The Labute approximate surface area is 110 Å². The molecule has 0 bridgehead atoms. The topological polar surface area (TPSA) is 20.2 Å². The van der Waals surface area contributed by atoms with E-state index in [2.05, 4.69) is 12.7 Å². The second kappa shape index (κ2) is 6.44. The molecule has 1 heteroatoms. The molecule has 1 atom stereocenters. The van der Waals surface area contributed by atoms with Gasteiger partial charge in [0, 0.05) is 0 Å². The largest absolute Gasteiger partial charge is 0.508 e. The Balaban J connectivity index is 2.15. The Kier molecular flexibility index (Phi) is 4.63. The number of benzene rings is 1. The first-order chi connectivity index (χ1) is 8.81. The lowest BCUT2D eigenvalue weighted by Gasteiger charge is -2.21. The van der Waals surface area contributed by atoms with Crippen LogP contribution in [0.5, 0.6) is 5.75 Å². The molecule has 0 amide bonds. The maximum Gasteiger partial charge on any atom is 0.119 e. The summed E-state index contributed by atoms with van der Waals surface area (Å²) < 4.78 is 0. The summed E-state index contributed by atoms with van der Waals surface area (Å²) in [5, 5.41) is 9.98. The van der Waals surface area contributed by atoms with Crippen molar-refractivity contribution in [3.8, 4) is 5.75 Å². The van der Waals surface area contributed by atoms with E-state index in [0.717, 1.165) is 18.4 Å². The van der Waals surface area contributed by atoms with Crippen molar-refractivity contribution in [3.05, 3.63) is 54.1 Å². The first-order valence-corrected chi connectivity index (χ1v) is 6.88. The monoisotopic (exact) mass is 242 g/mol. The summed E-state index contributed by atoms with van der Waals surface area (Å²) in [7, 11) is 0. The van der Waals surface area contributed by atoms with Crippen LogP contribution in [0.3, 0.4) is 0 Å². The summed E-state index contributed by atoms with van der Waals surface area (Å²) in [6.07, 6.45) is 11.4. The Hall–Kier alpha value is -1.50. The molecule has 0 saturated carbocycles. The number of allylic oxidation sites excluding steroid dienone is 3. The van der Waals surface area contributed by atoms with E-state index in [9.17, 15) is 5.11 Å². The summed E-state index contributed by atoms with van der Waals surface area (Å²) in [6.45, 7) is 3.85. The van der Waals surface area contributed by atoms with Gasteiger partial charge in [-0.3, -0.25) is 0 Å². The molecule has 0 heterocycles. The lowest BCUT2D eigenvalue weighted by Crippen LogP contribution is -2.02. The van der Waals surface area contributed by atoms with Crippen LogP contribution in [0, 0.1) is 0 Å². The van der Waals surface area contributed by atoms with E-state index >= 15 is 0 Å². The number of phenolic OH excluding ortho intramolecular Hbond substituents is 1. The summed E-state index contributed by atoms with van der Waals surface area (Å²) >= 11 is 0. The van der Waals surface area contributed by atoms with E-state index in [0.29, 0.717) is 11.7 Å². The van der Waals surface area contributed by atoms with Crippen LogP contribution in [0.1, 0.15) is 50.0 Å². The molecule has 0 fully saturated rings. The summed E-state index contributed by atoms with van der Waals surface area (Å²) in [5.74, 6) is 0.786. The van der Waals surface area contributed by atoms with Crippen LogP contribution in [0.15, 0.2) is 48.6 Å². The van der Waals surface area contributed by atoms with Gasteiger partial charge in [-0.2, -0.15) is 0 Å². The SMILES string of the molecule is C=CCC(CC1=CCCCC1)c1ccccc1O. The maximum absolute atomic E-state index is 9.98. The highest BCUT2D eigenvalue weighted by molar-refractivity contribution is 5.36. The molecule has 2 rings (SSSR count). The first-order valence-electron chi connectivity index (χ1n) is 6.88. The van der Waals surface area contributed by atoms with Crippen LogP contribution in [0.25, 0.3) is 0 Å². The Morgan fingerprint density at radius 1 is 1.28 bits per heavy atom. The fourth-order valence-electron chi connectivity index (χ4n) is 2.76. The van der Waals surface area contributed by atoms with Gasteiger partial charge in [0.1, 0.15) is 5.75 Å². The van der Waals surface area contributed by atoms with E-state index in [1.807, 2.05) is 24.3 Å². The molecule has 1 aliphatic rings. The van der Waals surface area contributed by atoms with Gasteiger partial charge < -0.3 is 5.11 Å². The zero-order valence-corrected chi connectivity index (χ0v) is 10.9. The van der Waals surface area contributed by atoms with Crippen molar-refractivity contribution in [1.82, 2.24) is 0 Å². The fourth-order valence-corrected chi connectivity index (χ4v) is 2.76. The van der Waals surface area contributed by atoms with E-state index < -0.39 is 0 Å². The average molecular weight is 242 g/mol. The van der Waals surface area contributed by atoms with Gasteiger partial charge in [0.25, 0.3) is 0 Å². The van der Waals surface area contributed by atoms with E-state index in [4.69, 9.17) is 0 Å². The Bertz CT molecular complexity index is 431. The Morgan fingerprint density at radius 2 is 2.11 bits per heavy atom. The third-order valence-corrected chi connectivity index (χ3v) is 3.72. The fraction of sp³-hybridized carbons (Fsp3) is 0.412. The first kappa shape index (κ1) is 12.9. The van der Waals surface area contributed by atoms with Crippen molar-refractivity contribution < 1.29 is 5.11 Å². The van der Waals surface area contributed by atoms with Gasteiger partial charge in [0.2, 0.25) is 0 Å². The van der Waals surface area contributed by atoms with Crippen molar-refractivity contribution in [2.75, 3.05) is 0 Å². The summed E-state index contributed by atoms with van der Waals surface area (Å²) in [4.78, 5) is 0. The lowest BCUT2D eigenvalue weighted by molar-refractivity contribution is 0.459. The molecule has 1 aliphatic carbocycles. The zero-order valence-electron chi connectivity index (χ0n) is 10.9. The third kappa shape index (κ3) is 3.25. The third-order valence-electron chi connectivity index (χ3n) is 3.72. The second-order valence-electron chi connectivity index (χ2n) is 5.09. The van der Waals surface area contributed by atoms with E-state index in [1.54, 1.807) is 11.6 Å². The molecule has 96 valence electrons. The van der Waals surface area contributed by atoms with Crippen LogP contribution < -0.4 is 0 Å². The van der Waals surface area contributed by atoms with Crippen molar-refractivity contribution in [2.24, 2.45) is 0 Å². The van der Waals surface area contributed by atoms with Gasteiger partial charge >= 0.3 is 0 Å². The van der Waals surface area contributed by atoms with Crippen LogP contribution in [0.4, 0.5) is 0 Å². The minimum Gasteiger partial charge on any atom is -0.508 e. The molecular weight excluding hydrogens is 220 g/mol. The van der Waals surface area contributed by atoms with Crippen molar-refractivity contribution >= 4 is 0 Å². The molecule has 0 radical (unpaired) electrons. The highest BCUT2D eigenvalue weighted by Gasteiger charge is 2.16. The number of hydrogen-bond acceptors (Lipinski definition) is 1. The molecule has 0 saturated heterocycles. The molecule has 18 heavy (non-hydrogen) atoms. The van der Waals surface area contributed by atoms with Gasteiger partial charge in [0.15, 0.2) is 0 Å². The molecule has 1 nitrogen and oxygen atoms in total. The molecular formula is C17H22O. The van der Waals surface area contributed by atoms with Gasteiger partial charge in [0.05, 0.1) is 0 Å². The average Bonchev–Trinajstić information content (AvgIpc) is 2.40. The molecule has 0 aliphatic heterocycles. The number of phenols is 1. The van der Waals surface area contributed by atoms with Crippen molar-refractivity contribution in [3.63, 3.8) is 0 Å². The number of aromatic hydroxyl groups is 1.